The summed E-state index contributed by atoms with van der Waals surface area (Å²) >= 11 is 2.82. The van der Waals surface area contributed by atoms with Gasteiger partial charge in [-0.25, -0.2) is 0 Å². The number of fused-ring (bicyclic) bond motifs is 1. The molecule has 148 valence electrons. The first-order chi connectivity index (χ1) is 14.2. The van der Waals surface area contributed by atoms with E-state index >= 15 is 0 Å². The monoisotopic (exact) mass is 425 g/mol. The van der Waals surface area contributed by atoms with Crippen LogP contribution < -0.4 is 5.32 Å². The minimum atomic E-state index is -0.165. The lowest BCUT2D eigenvalue weighted by Gasteiger charge is -2.09. The maximum Gasteiger partial charge on any atom is 0.235 e. The van der Waals surface area contributed by atoms with Gasteiger partial charge in [0.25, 0.3) is 0 Å². The van der Waals surface area contributed by atoms with Gasteiger partial charge in [-0.1, -0.05) is 30.0 Å². The first-order valence-electron chi connectivity index (χ1n) is 9.17. The first kappa shape index (κ1) is 19.6. The van der Waals surface area contributed by atoms with Gasteiger partial charge >= 0.3 is 0 Å². The van der Waals surface area contributed by atoms with Gasteiger partial charge in [0, 0.05) is 17.7 Å². The Morgan fingerprint density at radius 1 is 1.34 bits per heavy atom. The Bertz CT molecular complexity index is 1070. The van der Waals surface area contributed by atoms with Crippen molar-refractivity contribution in [3.63, 3.8) is 0 Å². The third kappa shape index (κ3) is 4.05. The number of rotatable bonds is 7. The lowest BCUT2D eigenvalue weighted by Crippen LogP contribution is -2.14. The molecule has 0 spiro atoms. The van der Waals surface area contributed by atoms with E-state index in [-0.39, 0.29) is 11.7 Å². The summed E-state index contributed by atoms with van der Waals surface area (Å²) in [6, 6.07) is 12.0. The summed E-state index contributed by atoms with van der Waals surface area (Å²) in [5.74, 6) is 0.677. The molecule has 9 heteroatoms. The summed E-state index contributed by atoms with van der Waals surface area (Å²) in [5.41, 5.74) is 2.64. The molecule has 0 atom stereocenters. The van der Waals surface area contributed by atoms with Gasteiger partial charge in [-0.05, 0) is 37.0 Å². The zero-order valence-electron chi connectivity index (χ0n) is 15.8. The van der Waals surface area contributed by atoms with Crippen molar-refractivity contribution < 1.29 is 9.53 Å². The summed E-state index contributed by atoms with van der Waals surface area (Å²) in [6.07, 6.45) is 2.99. The van der Waals surface area contributed by atoms with Crippen LogP contribution in [0.25, 0.3) is 5.69 Å². The number of aryl methyl sites for hydroxylation is 1. The highest BCUT2D eigenvalue weighted by atomic mass is 32.2. The van der Waals surface area contributed by atoms with Crippen molar-refractivity contribution in [2.24, 2.45) is 0 Å². The van der Waals surface area contributed by atoms with Crippen LogP contribution in [0.4, 0.5) is 5.00 Å². The van der Waals surface area contributed by atoms with Crippen LogP contribution in [0.15, 0.2) is 35.5 Å². The van der Waals surface area contributed by atoms with E-state index in [1.807, 2.05) is 34.9 Å². The van der Waals surface area contributed by atoms with Crippen LogP contribution in [0.2, 0.25) is 0 Å². The highest BCUT2D eigenvalue weighted by Gasteiger charge is 2.23. The molecule has 0 bridgehead atoms. The zero-order chi connectivity index (χ0) is 20.2. The topological polar surface area (TPSA) is 92.8 Å². The van der Waals surface area contributed by atoms with Crippen LogP contribution in [0, 0.1) is 11.3 Å². The van der Waals surface area contributed by atoms with Crippen molar-refractivity contribution in [1.82, 2.24) is 14.8 Å². The largest absolute Gasteiger partial charge is 0.377 e. The van der Waals surface area contributed by atoms with Gasteiger partial charge in [0.2, 0.25) is 5.91 Å². The minimum absolute atomic E-state index is 0.165. The number of nitrogens with one attached hydrogen (secondary N) is 1. The number of hydrogen-bond acceptors (Lipinski definition) is 7. The molecule has 2 aromatic heterocycles. The Kier molecular flexibility index (Phi) is 5.94. The maximum absolute atomic E-state index is 12.5. The first-order valence-corrected chi connectivity index (χ1v) is 11.0. The van der Waals surface area contributed by atoms with Gasteiger partial charge in [-0.3, -0.25) is 9.36 Å². The number of hydrogen-bond donors (Lipinski definition) is 1. The molecule has 0 saturated heterocycles. The van der Waals surface area contributed by atoms with E-state index in [1.165, 1.54) is 28.0 Å². The summed E-state index contributed by atoms with van der Waals surface area (Å²) < 4.78 is 7.11. The zero-order valence-corrected chi connectivity index (χ0v) is 17.5. The molecule has 1 amide bonds. The quantitative estimate of drug-likeness (QED) is 0.582. The molecule has 0 aliphatic heterocycles. The van der Waals surface area contributed by atoms with Gasteiger partial charge < -0.3 is 10.1 Å². The number of anilines is 1. The average molecular weight is 426 g/mol. The molecule has 2 heterocycles. The van der Waals surface area contributed by atoms with Crippen LogP contribution in [0.3, 0.4) is 0 Å². The normalized spacial score (nSPS) is 12.6. The Labute approximate surface area is 176 Å². The molecule has 0 unspecified atom stereocenters. The number of thiophene rings is 1. The summed E-state index contributed by atoms with van der Waals surface area (Å²) in [4.78, 5) is 13.8. The third-order valence-electron chi connectivity index (χ3n) is 4.61. The number of thioether (sulfide) groups is 1. The molecule has 0 saturated carbocycles. The highest BCUT2D eigenvalue weighted by molar-refractivity contribution is 7.99. The Morgan fingerprint density at radius 3 is 2.93 bits per heavy atom. The third-order valence-corrected chi connectivity index (χ3v) is 6.74. The summed E-state index contributed by atoms with van der Waals surface area (Å²) in [6.45, 7) is 0.320. The fourth-order valence-electron chi connectivity index (χ4n) is 3.36. The minimum Gasteiger partial charge on any atom is -0.377 e. The lowest BCUT2D eigenvalue weighted by molar-refractivity contribution is -0.113. The molecule has 0 fully saturated rings. The van der Waals surface area contributed by atoms with E-state index in [4.69, 9.17) is 4.74 Å². The second-order valence-electron chi connectivity index (χ2n) is 6.51. The average Bonchev–Trinajstić information content (AvgIpc) is 3.42. The molecule has 0 radical (unpaired) electrons. The van der Waals surface area contributed by atoms with Gasteiger partial charge in [-0.15, -0.1) is 21.5 Å². The number of methoxy groups -OCH3 is 1. The number of nitriles is 1. The van der Waals surface area contributed by atoms with Crippen LogP contribution in [0.5, 0.6) is 0 Å². The van der Waals surface area contributed by atoms with E-state index in [2.05, 4.69) is 21.6 Å². The van der Waals surface area contributed by atoms with Crippen molar-refractivity contribution in [1.29, 1.82) is 5.26 Å². The van der Waals surface area contributed by atoms with Crippen molar-refractivity contribution in [3.05, 3.63) is 52.2 Å². The van der Waals surface area contributed by atoms with E-state index in [1.54, 1.807) is 7.11 Å². The molecule has 4 rings (SSSR count). The van der Waals surface area contributed by atoms with E-state index < -0.39 is 0 Å². The van der Waals surface area contributed by atoms with Crippen LogP contribution in [-0.4, -0.2) is 33.5 Å². The molecular formula is C20H19N5O2S2. The molecule has 1 aliphatic carbocycles. The Morgan fingerprint density at radius 2 is 2.17 bits per heavy atom. The summed E-state index contributed by atoms with van der Waals surface area (Å²) in [7, 11) is 1.61. The van der Waals surface area contributed by atoms with E-state index in [0.29, 0.717) is 28.2 Å². The van der Waals surface area contributed by atoms with Crippen LogP contribution in [0.1, 0.15) is 28.2 Å². The SMILES string of the molecule is COCc1nnc(SCC(=O)Nc2sc3c(c2C#N)CCC3)n1-c1ccccc1. The molecule has 7 nitrogen and oxygen atoms in total. The predicted molar refractivity (Wildman–Crippen MR) is 112 cm³/mol. The van der Waals surface area contributed by atoms with Crippen molar-refractivity contribution in [2.45, 2.75) is 31.0 Å². The Balaban J connectivity index is 1.48. The second-order valence-corrected chi connectivity index (χ2v) is 8.56. The molecule has 3 aromatic rings. The summed E-state index contributed by atoms with van der Waals surface area (Å²) in [5, 5.41) is 22.1. The molecule has 1 aliphatic rings. The fraction of sp³-hybridized carbons (Fsp3) is 0.300. The number of carbonyl (C=O) groups is 1. The molecule has 29 heavy (non-hydrogen) atoms. The highest BCUT2D eigenvalue weighted by Crippen LogP contribution is 2.38. The van der Waals surface area contributed by atoms with E-state index in [0.717, 1.165) is 30.5 Å². The van der Waals surface area contributed by atoms with Gasteiger partial charge in [-0.2, -0.15) is 5.26 Å². The van der Waals surface area contributed by atoms with Gasteiger partial charge in [0.1, 0.15) is 17.7 Å². The fourth-order valence-corrected chi connectivity index (χ4v) is 5.38. The van der Waals surface area contributed by atoms with Crippen LogP contribution in [-0.2, 0) is 29.0 Å². The molecule has 1 aromatic carbocycles. The smallest absolute Gasteiger partial charge is 0.235 e. The standard InChI is InChI=1S/C20H19N5O2S2/c1-27-11-17-23-24-20(25(17)13-6-3-2-4-7-13)28-12-18(26)22-19-15(10-21)14-8-5-9-16(14)29-19/h2-4,6-7H,5,8-9,11-12H2,1H3,(H,22,26). The van der Waals surface area contributed by atoms with Crippen molar-refractivity contribution in [2.75, 3.05) is 18.2 Å². The van der Waals surface area contributed by atoms with E-state index in [9.17, 15) is 10.1 Å². The molecular weight excluding hydrogens is 406 g/mol. The molecule has 1 N–H and O–H groups in total. The number of carbonyl (C=O) groups excluding carboxylic acids is 1. The van der Waals surface area contributed by atoms with Gasteiger partial charge in [0.05, 0.1) is 11.3 Å². The second kappa shape index (κ2) is 8.78. The van der Waals surface area contributed by atoms with Crippen molar-refractivity contribution >= 4 is 34.0 Å². The number of benzene rings is 1. The van der Waals surface area contributed by atoms with Gasteiger partial charge in [0.15, 0.2) is 11.0 Å². The number of ether oxygens (including phenoxy) is 1. The number of para-hydroxylation sites is 1. The van der Waals surface area contributed by atoms with Crippen LogP contribution >= 0.6 is 23.1 Å². The van der Waals surface area contributed by atoms with Crippen molar-refractivity contribution in [3.8, 4) is 11.8 Å². The lowest BCUT2D eigenvalue weighted by atomic mass is 10.1. The maximum atomic E-state index is 12.5. The number of amides is 1. The Hall–Kier alpha value is -2.67. The number of nitrogens with zero attached hydrogens (tertiary/aromatic N) is 4. The number of aromatic nitrogens is 3. The predicted octanol–water partition coefficient (Wildman–Crippen LogP) is 3.57.